The molecule has 0 bridgehead atoms. The van der Waals surface area contributed by atoms with Gasteiger partial charge in [-0.3, -0.25) is 5.10 Å². The Morgan fingerprint density at radius 3 is 2.50 bits per heavy atom. The first-order valence-corrected chi connectivity index (χ1v) is 8.93. The molecule has 6 nitrogen and oxygen atoms in total. The molecule has 9 heteroatoms. The van der Waals surface area contributed by atoms with Crippen LogP contribution in [0, 0.1) is 14.1 Å². The first kappa shape index (κ1) is 17.5. The molecule has 0 amide bonds. The van der Waals surface area contributed by atoms with E-state index in [1.165, 1.54) is 0 Å². The van der Waals surface area contributed by atoms with Gasteiger partial charge < -0.3 is 9.84 Å². The maximum Gasteiger partial charge on any atom is 0.342 e. The molecule has 116 valence electrons. The molecule has 1 heterocycles. The van der Waals surface area contributed by atoms with Crippen molar-refractivity contribution in [2.75, 3.05) is 7.11 Å². The highest BCUT2D eigenvalue weighted by atomic mass is 127. The Balaban J connectivity index is 2.36. The summed E-state index contributed by atoms with van der Waals surface area (Å²) in [7, 11) is 1.61. The molecule has 0 aliphatic heterocycles. The fraction of sp³-hybridized carbons (Fsp3) is 0.154. The molecular weight excluding hydrogens is 532 g/mol. The summed E-state index contributed by atoms with van der Waals surface area (Å²) in [5, 5.41) is 16.4. The van der Waals surface area contributed by atoms with Crippen molar-refractivity contribution in [2.45, 2.75) is 12.1 Å². The van der Waals surface area contributed by atoms with E-state index in [1.54, 1.807) is 20.1 Å². The van der Waals surface area contributed by atoms with Crippen LogP contribution in [0.2, 0.25) is 0 Å². The summed E-state index contributed by atoms with van der Waals surface area (Å²) in [6.07, 6.45) is 1.60. The zero-order valence-electron chi connectivity index (χ0n) is 11.6. The van der Waals surface area contributed by atoms with Crippen LogP contribution in [0.1, 0.15) is 11.4 Å². The summed E-state index contributed by atoms with van der Waals surface area (Å²) >= 11 is 5.33. The van der Waals surface area contributed by atoms with Crippen molar-refractivity contribution in [2.24, 2.45) is 0 Å². The Morgan fingerprint density at radius 1 is 1.41 bits per heavy atom. The predicted molar refractivity (Wildman–Crippen MR) is 101 cm³/mol. The maximum atomic E-state index is 11.4. The minimum Gasteiger partial charge on any atom is -0.495 e. The normalized spacial score (nSPS) is 11.5. The lowest BCUT2D eigenvalue weighted by atomic mass is 10.2. The van der Waals surface area contributed by atoms with Crippen molar-refractivity contribution in [1.29, 1.82) is 0 Å². The van der Waals surface area contributed by atoms with Crippen LogP contribution in [-0.4, -0.2) is 33.4 Å². The largest absolute Gasteiger partial charge is 0.495 e. The van der Waals surface area contributed by atoms with Gasteiger partial charge in [-0.25, -0.2) is 9.78 Å². The van der Waals surface area contributed by atoms with Crippen LogP contribution in [0.4, 0.5) is 0 Å². The standard InChI is InChI=1S/C13H11I2N3O3S/c1-6-16-13(18-17-6)22-10(12(19)20)5-7-3-8(14)11(21-2)9(15)4-7/h3-5H,1-2H3,(H,19,20)(H,16,17,18)/b10-5-. The predicted octanol–water partition coefficient (Wildman–Crippen LogP) is 3.55. The van der Waals surface area contributed by atoms with Gasteiger partial charge in [0.05, 0.1) is 14.3 Å². The number of hydrogen-bond acceptors (Lipinski definition) is 5. The van der Waals surface area contributed by atoms with Gasteiger partial charge in [-0.15, -0.1) is 5.10 Å². The number of thioether (sulfide) groups is 1. The lowest BCUT2D eigenvalue weighted by molar-refractivity contribution is -0.131. The second kappa shape index (κ2) is 7.64. The summed E-state index contributed by atoms with van der Waals surface area (Å²) in [5.41, 5.74) is 0.784. The first-order chi connectivity index (χ1) is 10.4. The third kappa shape index (κ3) is 4.35. The number of nitrogens with zero attached hydrogens (tertiary/aromatic N) is 2. The van der Waals surface area contributed by atoms with Crippen LogP contribution in [0.15, 0.2) is 22.2 Å². The van der Waals surface area contributed by atoms with E-state index in [0.717, 1.165) is 30.2 Å². The number of aromatic nitrogens is 3. The SMILES string of the molecule is COc1c(I)cc(/C=C(\Sc2n[nH]c(C)n2)C(=O)O)cc1I. The van der Waals surface area contributed by atoms with E-state index in [-0.39, 0.29) is 4.91 Å². The summed E-state index contributed by atoms with van der Waals surface area (Å²) in [5.74, 6) is 0.404. The zero-order chi connectivity index (χ0) is 16.3. The third-order valence-electron chi connectivity index (χ3n) is 2.51. The van der Waals surface area contributed by atoms with Gasteiger partial charge in [0.1, 0.15) is 16.5 Å². The van der Waals surface area contributed by atoms with E-state index in [1.807, 2.05) is 12.1 Å². The number of carboxylic acids is 1. The van der Waals surface area contributed by atoms with Gasteiger partial charge in [0.25, 0.3) is 0 Å². The highest BCUT2D eigenvalue weighted by Gasteiger charge is 2.14. The third-order valence-corrected chi connectivity index (χ3v) is 4.99. The second-order valence-corrected chi connectivity index (χ2v) is 7.47. The first-order valence-electron chi connectivity index (χ1n) is 5.95. The number of aromatic amines is 1. The highest BCUT2D eigenvalue weighted by molar-refractivity contribution is 14.1. The van der Waals surface area contributed by atoms with Crippen molar-refractivity contribution >= 4 is 69.0 Å². The molecule has 22 heavy (non-hydrogen) atoms. The van der Waals surface area contributed by atoms with Crippen molar-refractivity contribution < 1.29 is 14.6 Å². The van der Waals surface area contributed by atoms with Gasteiger partial charge in [0, 0.05) is 0 Å². The van der Waals surface area contributed by atoms with Crippen molar-refractivity contribution in [3.05, 3.63) is 35.6 Å². The van der Waals surface area contributed by atoms with Gasteiger partial charge in [-0.2, -0.15) is 0 Å². The molecule has 2 N–H and O–H groups in total. The monoisotopic (exact) mass is 543 g/mol. The molecule has 0 aliphatic carbocycles. The fourth-order valence-electron chi connectivity index (χ4n) is 1.61. The average Bonchev–Trinajstić information content (AvgIpc) is 2.83. The van der Waals surface area contributed by atoms with Crippen LogP contribution in [0.3, 0.4) is 0 Å². The van der Waals surface area contributed by atoms with Crippen LogP contribution < -0.4 is 4.74 Å². The van der Waals surface area contributed by atoms with Crippen molar-refractivity contribution in [1.82, 2.24) is 15.2 Å². The van der Waals surface area contributed by atoms with E-state index in [9.17, 15) is 9.90 Å². The molecule has 0 atom stereocenters. The number of aryl methyl sites for hydroxylation is 1. The maximum absolute atomic E-state index is 11.4. The molecule has 1 aromatic carbocycles. The number of halogens is 2. The molecule has 0 saturated heterocycles. The number of hydrogen-bond donors (Lipinski definition) is 2. The Hall–Kier alpha value is -0.820. The lowest BCUT2D eigenvalue weighted by Crippen LogP contribution is -1.98. The zero-order valence-corrected chi connectivity index (χ0v) is 16.7. The average molecular weight is 543 g/mol. The van der Waals surface area contributed by atoms with Gasteiger partial charge >= 0.3 is 5.97 Å². The molecule has 0 radical (unpaired) electrons. The molecule has 0 fully saturated rings. The Morgan fingerprint density at radius 2 is 2.05 bits per heavy atom. The number of carboxylic acid groups (broad SMARTS) is 1. The number of rotatable bonds is 5. The van der Waals surface area contributed by atoms with Crippen molar-refractivity contribution in [3.8, 4) is 5.75 Å². The molecule has 0 aliphatic rings. The Kier molecular flexibility index (Phi) is 6.09. The summed E-state index contributed by atoms with van der Waals surface area (Å²) in [4.78, 5) is 15.7. The summed E-state index contributed by atoms with van der Waals surface area (Å²) < 4.78 is 7.14. The molecule has 2 rings (SSSR count). The number of ether oxygens (including phenoxy) is 1. The van der Waals surface area contributed by atoms with E-state index in [0.29, 0.717) is 11.0 Å². The van der Waals surface area contributed by atoms with Gasteiger partial charge in [-0.1, -0.05) is 0 Å². The summed E-state index contributed by atoms with van der Waals surface area (Å²) in [6.45, 7) is 1.76. The minimum absolute atomic E-state index is 0.149. The number of aliphatic carboxylic acids is 1. The van der Waals surface area contributed by atoms with Gasteiger partial charge in [0.15, 0.2) is 0 Å². The van der Waals surface area contributed by atoms with Crippen LogP contribution in [0.5, 0.6) is 5.75 Å². The Labute approximate surface area is 158 Å². The molecule has 0 spiro atoms. The smallest absolute Gasteiger partial charge is 0.342 e. The minimum atomic E-state index is -1.02. The Bertz CT molecular complexity index is 723. The second-order valence-electron chi connectivity index (χ2n) is 4.14. The number of methoxy groups -OCH3 is 1. The number of H-pyrrole nitrogens is 1. The van der Waals surface area contributed by atoms with Crippen LogP contribution in [-0.2, 0) is 4.79 Å². The number of benzene rings is 1. The van der Waals surface area contributed by atoms with E-state index in [4.69, 9.17) is 4.74 Å². The van der Waals surface area contributed by atoms with E-state index in [2.05, 4.69) is 60.4 Å². The summed E-state index contributed by atoms with van der Waals surface area (Å²) in [6, 6.07) is 3.74. The van der Waals surface area contributed by atoms with Crippen LogP contribution >= 0.6 is 56.9 Å². The van der Waals surface area contributed by atoms with Crippen LogP contribution in [0.25, 0.3) is 6.08 Å². The van der Waals surface area contributed by atoms with E-state index < -0.39 is 5.97 Å². The number of nitrogens with one attached hydrogen (secondary N) is 1. The van der Waals surface area contributed by atoms with Gasteiger partial charge in [0.2, 0.25) is 5.16 Å². The topological polar surface area (TPSA) is 88.1 Å². The molecule has 1 aromatic heterocycles. The van der Waals surface area contributed by atoms with Gasteiger partial charge in [-0.05, 0) is 87.6 Å². The van der Waals surface area contributed by atoms with E-state index >= 15 is 0 Å². The quantitative estimate of drug-likeness (QED) is 0.341. The van der Waals surface area contributed by atoms with Crippen molar-refractivity contribution in [3.63, 3.8) is 0 Å². The lowest BCUT2D eigenvalue weighted by Gasteiger charge is -2.08. The highest BCUT2D eigenvalue weighted by Crippen LogP contribution is 2.31. The molecular formula is C13H11I2N3O3S. The fourth-order valence-corrected chi connectivity index (χ4v) is 4.62. The molecule has 0 unspecified atom stereocenters. The molecule has 0 saturated carbocycles. The molecule has 2 aromatic rings. The number of carbonyl (C=O) groups is 1.